The molecular weight excluding hydrogens is 370 g/mol. The number of imidazole rings is 1. The summed E-state index contributed by atoms with van der Waals surface area (Å²) in [5, 5.41) is 2.91. The molecule has 4 rings (SSSR count). The molecule has 0 aliphatic heterocycles. The number of hydrogen-bond acceptors (Lipinski definition) is 6. The van der Waals surface area contributed by atoms with Crippen molar-refractivity contribution in [3.05, 3.63) is 66.7 Å². The van der Waals surface area contributed by atoms with Gasteiger partial charge in [0.15, 0.2) is 5.65 Å². The fourth-order valence-corrected chi connectivity index (χ4v) is 2.94. The first kappa shape index (κ1) is 18.4. The Labute approximate surface area is 167 Å². The van der Waals surface area contributed by atoms with Crippen LogP contribution in [0.2, 0.25) is 0 Å². The van der Waals surface area contributed by atoms with Crippen LogP contribution in [0.5, 0.6) is 11.6 Å². The summed E-state index contributed by atoms with van der Waals surface area (Å²) in [6, 6.07) is 11.1. The summed E-state index contributed by atoms with van der Waals surface area (Å²) in [6.07, 6.45) is 6.98. The molecular formula is C21H19N5O3. The number of hydrogen-bond donors (Lipinski definition) is 1. The number of nitrogens with zero attached hydrogens (tertiary/aromatic N) is 4. The highest BCUT2D eigenvalue weighted by Gasteiger charge is 2.11. The summed E-state index contributed by atoms with van der Waals surface area (Å²) < 4.78 is 12.1. The van der Waals surface area contributed by atoms with E-state index in [4.69, 9.17) is 9.47 Å². The van der Waals surface area contributed by atoms with Crippen molar-refractivity contribution in [1.29, 1.82) is 0 Å². The predicted octanol–water partition coefficient (Wildman–Crippen LogP) is 2.99. The second kappa shape index (κ2) is 7.97. The van der Waals surface area contributed by atoms with Gasteiger partial charge in [0, 0.05) is 24.0 Å². The van der Waals surface area contributed by atoms with Gasteiger partial charge in [0.1, 0.15) is 11.6 Å². The SMILES string of the molecule is COc1cccc(CC(=O)Nc2cnc3cnc(-c4ccc(OC)nc4)cn23)c1. The van der Waals surface area contributed by atoms with E-state index in [1.54, 1.807) is 43.3 Å². The Kier molecular flexibility index (Phi) is 5.07. The molecule has 0 unspecified atom stereocenters. The lowest BCUT2D eigenvalue weighted by Crippen LogP contribution is -2.15. The van der Waals surface area contributed by atoms with Crippen LogP contribution in [0.3, 0.4) is 0 Å². The van der Waals surface area contributed by atoms with Crippen LogP contribution in [0.25, 0.3) is 16.9 Å². The van der Waals surface area contributed by atoms with Crippen molar-refractivity contribution in [2.24, 2.45) is 0 Å². The maximum Gasteiger partial charge on any atom is 0.229 e. The number of pyridine rings is 1. The van der Waals surface area contributed by atoms with Crippen molar-refractivity contribution in [1.82, 2.24) is 19.4 Å². The Bertz CT molecular complexity index is 1150. The van der Waals surface area contributed by atoms with E-state index < -0.39 is 0 Å². The average molecular weight is 389 g/mol. The third-order valence-electron chi connectivity index (χ3n) is 4.40. The summed E-state index contributed by atoms with van der Waals surface area (Å²) >= 11 is 0. The van der Waals surface area contributed by atoms with Crippen LogP contribution in [0.1, 0.15) is 5.56 Å². The molecule has 0 saturated carbocycles. The van der Waals surface area contributed by atoms with Gasteiger partial charge in [-0.1, -0.05) is 12.1 Å². The monoisotopic (exact) mass is 389 g/mol. The van der Waals surface area contributed by atoms with E-state index in [9.17, 15) is 4.79 Å². The number of ether oxygens (including phenoxy) is 2. The van der Waals surface area contributed by atoms with E-state index in [-0.39, 0.29) is 12.3 Å². The minimum atomic E-state index is -0.149. The molecule has 0 spiro atoms. The molecule has 0 radical (unpaired) electrons. The third kappa shape index (κ3) is 4.01. The highest BCUT2D eigenvalue weighted by atomic mass is 16.5. The van der Waals surface area contributed by atoms with Crippen LogP contribution in [-0.4, -0.2) is 39.5 Å². The number of fused-ring (bicyclic) bond motifs is 1. The number of carbonyl (C=O) groups excluding carboxylic acids is 1. The molecule has 29 heavy (non-hydrogen) atoms. The molecule has 0 aliphatic rings. The number of carbonyl (C=O) groups is 1. The smallest absolute Gasteiger partial charge is 0.229 e. The maximum atomic E-state index is 12.5. The quantitative estimate of drug-likeness (QED) is 0.545. The van der Waals surface area contributed by atoms with Crippen molar-refractivity contribution < 1.29 is 14.3 Å². The molecule has 0 atom stereocenters. The van der Waals surface area contributed by atoms with Gasteiger partial charge >= 0.3 is 0 Å². The van der Waals surface area contributed by atoms with Crippen molar-refractivity contribution >= 4 is 17.4 Å². The van der Waals surface area contributed by atoms with Crippen molar-refractivity contribution in [2.45, 2.75) is 6.42 Å². The first-order valence-corrected chi connectivity index (χ1v) is 8.92. The van der Waals surface area contributed by atoms with E-state index in [0.717, 1.165) is 11.1 Å². The highest BCUT2D eigenvalue weighted by molar-refractivity contribution is 5.91. The van der Waals surface area contributed by atoms with Crippen LogP contribution >= 0.6 is 0 Å². The second-order valence-corrected chi connectivity index (χ2v) is 6.31. The van der Waals surface area contributed by atoms with Crippen LogP contribution in [0.15, 0.2) is 61.2 Å². The Morgan fingerprint density at radius 1 is 1.03 bits per heavy atom. The average Bonchev–Trinajstić information content (AvgIpc) is 3.15. The zero-order chi connectivity index (χ0) is 20.2. The number of aromatic nitrogens is 4. The summed E-state index contributed by atoms with van der Waals surface area (Å²) in [7, 11) is 3.17. The maximum absolute atomic E-state index is 12.5. The third-order valence-corrected chi connectivity index (χ3v) is 4.40. The Hall–Kier alpha value is -3.94. The summed E-state index contributed by atoms with van der Waals surface area (Å²) in [5.74, 6) is 1.67. The van der Waals surface area contributed by atoms with Gasteiger partial charge in [-0.2, -0.15) is 0 Å². The van der Waals surface area contributed by atoms with E-state index in [2.05, 4.69) is 20.3 Å². The van der Waals surface area contributed by atoms with Crippen LogP contribution in [-0.2, 0) is 11.2 Å². The lowest BCUT2D eigenvalue weighted by molar-refractivity contribution is -0.115. The fourth-order valence-electron chi connectivity index (χ4n) is 2.94. The first-order chi connectivity index (χ1) is 14.2. The molecule has 1 amide bonds. The molecule has 1 aromatic carbocycles. The van der Waals surface area contributed by atoms with Gasteiger partial charge in [0.05, 0.1) is 38.7 Å². The normalized spacial score (nSPS) is 10.7. The van der Waals surface area contributed by atoms with E-state index in [1.807, 2.05) is 36.5 Å². The number of rotatable bonds is 6. The van der Waals surface area contributed by atoms with Gasteiger partial charge in [0.2, 0.25) is 11.8 Å². The molecule has 146 valence electrons. The van der Waals surface area contributed by atoms with Crippen molar-refractivity contribution in [2.75, 3.05) is 19.5 Å². The molecule has 3 aromatic heterocycles. The zero-order valence-electron chi connectivity index (χ0n) is 16.0. The Balaban J connectivity index is 1.56. The number of amides is 1. The number of methoxy groups -OCH3 is 2. The fraction of sp³-hybridized carbons (Fsp3) is 0.143. The Morgan fingerprint density at radius 3 is 2.69 bits per heavy atom. The largest absolute Gasteiger partial charge is 0.497 e. The van der Waals surface area contributed by atoms with Gasteiger partial charge in [0.25, 0.3) is 0 Å². The van der Waals surface area contributed by atoms with Gasteiger partial charge in [-0.25, -0.2) is 9.97 Å². The van der Waals surface area contributed by atoms with Gasteiger partial charge < -0.3 is 14.8 Å². The predicted molar refractivity (Wildman–Crippen MR) is 108 cm³/mol. The van der Waals surface area contributed by atoms with Crippen LogP contribution < -0.4 is 14.8 Å². The molecule has 4 aromatic rings. The Morgan fingerprint density at radius 2 is 1.93 bits per heavy atom. The molecule has 0 aliphatic carbocycles. The van der Waals surface area contributed by atoms with Crippen LogP contribution in [0, 0.1) is 0 Å². The van der Waals surface area contributed by atoms with Crippen molar-refractivity contribution in [3.8, 4) is 22.9 Å². The molecule has 0 saturated heterocycles. The van der Waals surface area contributed by atoms with Gasteiger partial charge in [-0.3, -0.25) is 14.2 Å². The topological polar surface area (TPSA) is 90.6 Å². The number of benzene rings is 1. The lowest BCUT2D eigenvalue weighted by Gasteiger charge is -2.08. The van der Waals surface area contributed by atoms with E-state index in [0.29, 0.717) is 28.8 Å². The molecule has 0 fully saturated rings. The molecule has 1 N–H and O–H groups in total. The molecule has 3 heterocycles. The number of nitrogens with one attached hydrogen (secondary N) is 1. The number of anilines is 1. The summed E-state index contributed by atoms with van der Waals surface area (Å²) in [4.78, 5) is 25.4. The minimum absolute atomic E-state index is 0.149. The van der Waals surface area contributed by atoms with Gasteiger partial charge in [-0.15, -0.1) is 0 Å². The lowest BCUT2D eigenvalue weighted by atomic mass is 10.1. The van der Waals surface area contributed by atoms with Crippen LogP contribution in [0.4, 0.5) is 5.82 Å². The van der Waals surface area contributed by atoms with E-state index >= 15 is 0 Å². The molecule has 8 nitrogen and oxygen atoms in total. The van der Waals surface area contributed by atoms with Crippen molar-refractivity contribution in [3.63, 3.8) is 0 Å². The zero-order valence-corrected chi connectivity index (χ0v) is 16.0. The molecule has 8 heteroatoms. The second-order valence-electron chi connectivity index (χ2n) is 6.31. The van der Waals surface area contributed by atoms with E-state index in [1.165, 1.54) is 0 Å². The first-order valence-electron chi connectivity index (χ1n) is 8.92. The summed E-state index contributed by atoms with van der Waals surface area (Å²) in [6.45, 7) is 0. The summed E-state index contributed by atoms with van der Waals surface area (Å²) in [5.41, 5.74) is 3.03. The molecule has 0 bridgehead atoms. The highest BCUT2D eigenvalue weighted by Crippen LogP contribution is 2.21. The standard InChI is InChI=1S/C21H19N5O3/c1-28-16-5-3-4-14(8-16)9-20(27)25-19-12-23-18-11-22-17(13-26(18)19)15-6-7-21(29-2)24-10-15/h3-8,10-13H,9H2,1-2H3,(H,25,27). The van der Waals surface area contributed by atoms with Gasteiger partial charge in [-0.05, 0) is 23.8 Å². The minimum Gasteiger partial charge on any atom is -0.497 e.